The smallest absolute Gasteiger partial charge is 0.234 e. The van der Waals surface area contributed by atoms with Gasteiger partial charge in [0.15, 0.2) is 0 Å². The number of nitrogens with zero attached hydrogens (tertiary/aromatic N) is 4. The lowest BCUT2D eigenvalue weighted by Gasteiger charge is -2.34. The van der Waals surface area contributed by atoms with E-state index < -0.39 is 0 Å². The van der Waals surface area contributed by atoms with Crippen LogP contribution in [0.2, 0.25) is 0 Å². The molecule has 168 valence electrons. The van der Waals surface area contributed by atoms with E-state index in [4.69, 9.17) is 0 Å². The van der Waals surface area contributed by atoms with Crippen LogP contribution in [0.3, 0.4) is 0 Å². The Kier molecular flexibility index (Phi) is 8.46. The molecule has 1 heterocycles. The van der Waals surface area contributed by atoms with Crippen molar-refractivity contribution in [3.8, 4) is 0 Å². The molecule has 0 aliphatic carbocycles. The van der Waals surface area contributed by atoms with E-state index in [-0.39, 0.29) is 11.9 Å². The summed E-state index contributed by atoms with van der Waals surface area (Å²) in [6.07, 6.45) is 0. The number of hydrogen-bond donors (Lipinski definition) is 1. The minimum absolute atomic E-state index is 0.105. The van der Waals surface area contributed by atoms with E-state index in [9.17, 15) is 4.79 Å². The molecule has 6 heteroatoms. The Hall–Kier alpha value is -2.41. The van der Waals surface area contributed by atoms with Gasteiger partial charge in [-0.05, 0) is 37.4 Å². The van der Waals surface area contributed by atoms with Gasteiger partial charge >= 0.3 is 0 Å². The van der Waals surface area contributed by atoms with Gasteiger partial charge in [0, 0.05) is 59.1 Å². The van der Waals surface area contributed by atoms with Crippen LogP contribution in [0, 0.1) is 0 Å². The third kappa shape index (κ3) is 7.06. The highest BCUT2D eigenvalue weighted by Gasteiger charge is 2.20. The monoisotopic (exact) mass is 423 g/mol. The van der Waals surface area contributed by atoms with Gasteiger partial charge in [-0.15, -0.1) is 0 Å². The van der Waals surface area contributed by atoms with Gasteiger partial charge in [0.05, 0.1) is 12.6 Å². The summed E-state index contributed by atoms with van der Waals surface area (Å²) in [5.74, 6) is 0.105. The van der Waals surface area contributed by atoms with Crippen LogP contribution in [0.5, 0.6) is 0 Å². The molecule has 0 radical (unpaired) electrons. The van der Waals surface area contributed by atoms with Gasteiger partial charge in [0.1, 0.15) is 0 Å². The molecule has 1 aliphatic rings. The number of carbonyl (C=O) groups excluding carboxylic acids is 1. The van der Waals surface area contributed by atoms with Crippen molar-refractivity contribution in [1.29, 1.82) is 0 Å². The first-order valence-electron chi connectivity index (χ1n) is 11.1. The quantitative estimate of drug-likeness (QED) is 0.670. The van der Waals surface area contributed by atoms with Crippen molar-refractivity contribution >= 4 is 11.6 Å². The summed E-state index contributed by atoms with van der Waals surface area (Å²) >= 11 is 0. The lowest BCUT2D eigenvalue weighted by Crippen LogP contribution is -2.49. The fraction of sp³-hybridized carbons (Fsp3) is 0.480. The molecule has 2 aromatic carbocycles. The van der Waals surface area contributed by atoms with E-state index in [2.05, 4.69) is 93.6 Å². The van der Waals surface area contributed by atoms with Crippen molar-refractivity contribution in [2.45, 2.75) is 12.6 Å². The number of hydrogen-bond acceptors (Lipinski definition) is 5. The van der Waals surface area contributed by atoms with Crippen LogP contribution >= 0.6 is 0 Å². The fourth-order valence-electron chi connectivity index (χ4n) is 4.01. The van der Waals surface area contributed by atoms with Crippen molar-refractivity contribution in [2.75, 3.05) is 72.4 Å². The van der Waals surface area contributed by atoms with E-state index in [0.29, 0.717) is 13.1 Å². The van der Waals surface area contributed by atoms with Crippen molar-refractivity contribution in [2.24, 2.45) is 0 Å². The lowest BCUT2D eigenvalue weighted by atomic mass is 10.1. The molecule has 1 fully saturated rings. The van der Waals surface area contributed by atoms with E-state index in [1.165, 1.54) is 16.8 Å². The molecule has 31 heavy (non-hydrogen) atoms. The summed E-state index contributed by atoms with van der Waals surface area (Å²) in [5.41, 5.74) is 3.74. The zero-order valence-corrected chi connectivity index (χ0v) is 19.4. The molecular weight excluding hydrogens is 386 g/mol. The third-order valence-corrected chi connectivity index (χ3v) is 5.99. The average Bonchev–Trinajstić information content (AvgIpc) is 2.76. The molecule has 3 rings (SSSR count). The normalized spacial score (nSPS) is 16.3. The van der Waals surface area contributed by atoms with Gasteiger partial charge in [-0.3, -0.25) is 14.6 Å². The molecule has 0 saturated carbocycles. The van der Waals surface area contributed by atoms with Crippen molar-refractivity contribution in [3.63, 3.8) is 0 Å². The number of likely N-dealkylation sites (N-methyl/N-ethyl adjacent to an activating group) is 1. The maximum absolute atomic E-state index is 12.6. The Morgan fingerprint density at radius 1 is 0.903 bits per heavy atom. The molecule has 0 bridgehead atoms. The number of nitrogens with one attached hydrogen (secondary N) is 1. The van der Waals surface area contributed by atoms with Crippen molar-refractivity contribution in [3.05, 3.63) is 65.7 Å². The van der Waals surface area contributed by atoms with E-state index in [0.717, 1.165) is 32.7 Å². The first-order valence-corrected chi connectivity index (χ1v) is 11.1. The van der Waals surface area contributed by atoms with Crippen LogP contribution in [0.25, 0.3) is 0 Å². The molecule has 1 amide bonds. The first kappa shape index (κ1) is 23.3. The van der Waals surface area contributed by atoms with Crippen LogP contribution in [0.4, 0.5) is 5.69 Å². The average molecular weight is 424 g/mol. The summed E-state index contributed by atoms with van der Waals surface area (Å²) < 4.78 is 0. The van der Waals surface area contributed by atoms with Crippen molar-refractivity contribution < 1.29 is 4.79 Å². The highest BCUT2D eigenvalue weighted by atomic mass is 16.2. The third-order valence-electron chi connectivity index (χ3n) is 5.99. The summed E-state index contributed by atoms with van der Waals surface area (Å²) in [4.78, 5) is 21.6. The zero-order chi connectivity index (χ0) is 22.2. The summed E-state index contributed by atoms with van der Waals surface area (Å²) in [5, 5.41) is 3.15. The maximum Gasteiger partial charge on any atom is 0.234 e. The Balaban J connectivity index is 1.43. The van der Waals surface area contributed by atoms with Crippen LogP contribution in [-0.4, -0.2) is 88.1 Å². The summed E-state index contributed by atoms with van der Waals surface area (Å²) in [6, 6.07) is 19.3. The molecule has 1 atom stereocenters. The van der Waals surface area contributed by atoms with Crippen molar-refractivity contribution in [1.82, 2.24) is 20.0 Å². The summed E-state index contributed by atoms with van der Waals surface area (Å²) in [6.45, 7) is 5.94. The SMILES string of the molecule is CN(C)c1ccc([C@H](CNC(=O)CN2CCN(Cc3ccccc3)CC2)N(C)C)cc1. The standard InChI is InChI=1S/C25H37N5O/c1-27(2)23-12-10-22(11-13-23)24(28(3)4)18-26-25(31)20-30-16-14-29(15-17-30)19-21-8-6-5-7-9-21/h5-13,24H,14-20H2,1-4H3,(H,26,31)/t24-/m0/s1. The number of piperazine rings is 1. The molecule has 1 N–H and O–H groups in total. The predicted molar refractivity (Wildman–Crippen MR) is 128 cm³/mol. The van der Waals surface area contributed by atoms with Gasteiger partial charge < -0.3 is 15.1 Å². The van der Waals surface area contributed by atoms with Gasteiger partial charge in [-0.2, -0.15) is 0 Å². The number of rotatable bonds is 9. The number of benzene rings is 2. The van der Waals surface area contributed by atoms with Gasteiger partial charge in [-0.1, -0.05) is 42.5 Å². The van der Waals surface area contributed by atoms with Crippen LogP contribution in [0.15, 0.2) is 54.6 Å². The molecule has 0 aromatic heterocycles. The Labute approximate surface area is 187 Å². The molecule has 2 aromatic rings. The van der Waals surface area contributed by atoms with Crippen LogP contribution in [0.1, 0.15) is 17.2 Å². The Morgan fingerprint density at radius 2 is 1.52 bits per heavy atom. The van der Waals surface area contributed by atoms with E-state index in [1.54, 1.807) is 0 Å². The minimum Gasteiger partial charge on any atom is -0.378 e. The lowest BCUT2D eigenvalue weighted by molar-refractivity contribution is -0.122. The molecule has 0 spiro atoms. The Morgan fingerprint density at radius 3 is 2.10 bits per heavy atom. The number of amides is 1. The van der Waals surface area contributed by atoms with Gasteiger partial charge in [-0.25, -0.2) is 0 Å². The number of anilines is 1. The largest absolute Gasteiger partial charge is 0.378 e. The molecule has 6 nitrogen and oxygen atoms in total. The second-order valence-corrected chi connectivity index (χ2v) is 8.81. The number of carbonyl (C=O) groups is 1. The van der Waals surface area contributed by atoms with Gasteiger partial charge in [0.25, 0.3) is 0 Å². The van der Waals surface area contributed by atoms with Crippen LogP contribution in [-0.2, 0) is 11.3 Å². The highest BCUT2D eigenvalue weighted by molar-refractivity contribution is 5.78. The second kappa shape index (κ2) is 11.3. The summed E-state index contributed by atoms with van der Waals surface area (Å²) in [7, 11) is 8.20. The highest BCUT2D eigenvalue weighted by Crippen LogP contribution is 2.21. The van der Waals surface area contributed by atoms with E-state index in [1.807, 2.05) is 14.1 Å². The molecule has 1 saturated heterocycles. The zero-order valence-electron chi connectivity index (χ0n) is 19.4. The fourth-order valence-corrected chi connectivity index (χ4v) is 4.01. The topological polar surface area (TPSA) is 42.1 Å². The Bertz CT molecular complexity index is 798. The van der Waals surface area contributed by atoms with Crippen LogP contribution < -0.4 is 10.2 Å². The minimum atomic E-state index is 0.105. The predicted octanol–water partition coefficient (Wildman–Crippen LogP) is 2.29. The maximum atomic E-state index is 12.6. The second-order valence-electron chi connectivity index (χ2n) is 8.81. The molecular formula is C25H37N5O. The molecule has 0 unspecified atom stereocenters. The van der Waals surface area contributed by atoms with E-state index >= 15 is 0 Å². The van der Waals surface area contributed by atoms with Gasteiger partial charge in [0.2, 0.25) is 5.91 Å². The first-order chi connectivity index (χ1) is 14.9. The molecule has 1 aliphatic heterocycles.